The Hall–Kier alpha value is -2.29. The molecule has 28 heavy (non-hydrogen) atoms. The van der Waals surface area contributed by atoms with Gasteiger partial charge in [-0.25, -0.2) is 12.8 Å². The number of piperazine rings is 1. The summed E-state index contributed by atoms with van der Waals surface area (Å²) in [5.41, 5.74) is 0.836. The number of halogens is 1. The van der Waals surface area contributed by atoms with E-state index in [-0.39, 0.29) is 22.2 Å². The number of benzene rings is 2. The van der Waals surface area contributed by atoms with Gasteiger partial charge in [-0.15, -0.1) is 0 Å². The van der Waals surface area contributed by atoms with Crippen LogP contribution in [0.4, 0.5) is 10.1 Å². The van der Waals surface area contributed by atoms with E-state index in [4.69, 9.17) is 0 Å². The summed E-state index contributed by atoms with van der Waals surface area (Å²) < 4.78 is 40.6. The molecule has 1 aliphatic heterocycles. The molecule has 8 heteroatoms. The van der Waals surface area contributed by atoms with Crippen LogP contribution in [0.2, 0.25) is 0 Å². The SMILES string of the molecule is CCN(C(=O)c1cccc(S(=O)(=O)N2CCN(C)CC2)c1)c1ccc(F)cc1. The Morgan fingerprint density at radius 2 is 1.71 bits per heavy atom. The highest BCUT2D eigenvalue weighted by atomic mass is 32.2. The van der Waals surface area contributed by atoms with Gasteiger partial charge >= 0.3 is 0 Å². The molecule has 1 amide bonds. The molecular formula is C20H24FN3O3S. The van der Waals surface area contributed by atoms with Crippen molar-refractivity contribution in [3.8, 4) is 0 Å². The number of likely N-dealkylation sites (N-methyl/N-ethyl adjacent to an activating group) is 1. The number of hydrogen-bond donors (Lipinski definition) is 0. The number of anilines is 1. The summed E-state index contributed by atoms with van der Waals surface area (Å²) in [6.45, 7) is 4.38. The van der Waals surface area contributed by atoms with E-state index in [1.807, 2.05) is 14.0 Å². The van der Waals surface area contributed by atoms with Gasteiger partial charge in [0.15, 0.2) is 0 Å². The average molecular weight is 405 g/mol. The number of hydrogen-bond acceptors (Lipinski definition) is 4. The fraction of sp³-hybridized carbons (Fsp3) is 0.350. The number of sulfonamides is 1. The maximum atomic E-state index is 13.2. The van der Waals surface area contributed by atoms with Gasteiger partial charge in [0.1, 0.15) is 5.82 Å². The van der Waals surface area contributed by atoms with Gasteiger partial charge in [0.2, 0.25) is 10.0 Å². The molecule has 150 valence electrons. The second-order valence-corrected chi connectivity index (χ2v) is 8.70. The van der Waals surface area contributed by atoms with Crippen LogP contribution < -0.4 is 4.90 Å². The van der Waals surface area contributed by atoms with E-state index in [1.165, 1.54) is 45.6 Å². The minimum absolute atomic E-state index is 0.109. The van der Waals surface area contributed by atoms with E-state index < -0.39 is 10.0 Å². The van der Waals surface area contributed by atoms with E-state index in [9.17, 15) is 17.6 Å². The van der Waals surface area contributed by atoms with Crippen LogP contribution >= 0.6 is 0 Å². The Bertz CT molecular complexity index is 939. The highest BCUT2D eigenvalue weighted by molar-refractivity contribution is 7.89. The number of nitrogens with zero attached hydrogens (tertiary/aromatic N) is 3. The van der Waals surface area contributed by atoms with Crippen LogP contribution in [0.25, 0.3) is 0 Å². The van der Waals surface area contributed by atoms with Gasteiger partial charge in [-0.2, -0.15) is 4.31 Å². The third-order valence-electron chi connectivity index (χ3n) is 4.88. The van der Waals surface area contributed by atoms with Gasteiger partial charge in [-0.05, 0) is 56.4 Å². The third kappa shape index (κ3) is 4.24. The lowest BCUT2D eigenvalue weighted by Crippen LogP contribution is -2.47. The van der Waals surface area contributed by atoms with Crippen LogP contribution in [0, 0.1) is 5.82 Å². The summed E-state index contributed by atoms with van der Waals surface area (Å²) in [6.07, 6.45) is 0. The number of carbonyl (C=O) groups is 1. The minimum atomic E-state index is -3.66. The number of rotatable bonds is 5. The first-order valence-corrected chi connectivity index (χ1v) is 10.6. The van der Waals surface area contributed by atoms with Crippen LogP contribution in [0.5, 0.6) is 0 Å². The fourth-order valence-electron chi connectivity index (χ4n) is 3.19. The van der Waals surface area contributed by atoms with Crippen LogP contribution in [-0.2, 0) is 10.0 Å². The largest absolute Gasteiger partial charge is 0.309 e. The molecule has 0 aliphatic carbocycles. The van der Waals surface area contributed by atoms with Crippen molar-refractivity contribution in [2.75, 3.05) is 44.7 Å². The summed E-state index contributed by atoms with van der Waals surface area (Å²) in [5.74, 6) is -0.711. The summed E-state index contributed by atoms with van der Waals surface area (Å²) in [6, 6.07) is 11.7. The molecule has 0 bridgehead atoms. The fourth-order valence-corrected chi connectivity index (χ4v) is 4.66. The quantitative estimate of drug-likeness (QED) is 0.767. The zero-order valence-corrected chi connectivity index (χ0v) is 16.8. The first-order chi connectivity index (χ1) is 13.3. The Morgan fingerprint density at radius 1 is 1.07 bits per heavy atom. The second-order valence-electron chi connectivity index (χ2n) is 6.76. The summed E-state index contributed by atoms with van der Waals surface area (Å²) in [5, 5.41) is 0. The predicted molar refractivity (Wildman–Crippen MR) is 106 cm³/mol. The van der Waals surface area contributed by atoms with Crippen LogP contribution in [0.1, 0.15) is 17.3 Å². The molecule has 2 aromatic rings. The molecular weight excluding hydrogens is 381 g/mol. The molecule has 0 unspecified atom stereocenters. The van der Waals surface area contributed by atoms with Crippen LogP contribution in [0.15, 0.2) is 53.4 Å². The van der Waals surface area contributed by atoms with E-state index in [0.29, 0.717) is 38.4 Å². The van der Waals surface area contributed by atoms with Crippen LogP contribution in [-0.4, -0.2) is 63.3 Å². The zero-order valence-electron chi connectivity index (χ0n) is 16.0. The van der Waals surface area contributed by atoms with E-state index in [1.54, 1.807) is 12.1 Å². The van der Waals surface area contributed by atoms with Crippen molar-refractivity contribution < 1.29 is 17.6 Å². The zero-order chi connectivity index (χ0) is 20.3. The third-order valence-corrected chi connectivity index (χ3v) is 6.78. The van der Waals surface area contributed by atoms with Crippen molar-refractivity contribution in [1.29, 1.82) is 0 Å². The topological polar surface area (TPSA) is 60.9 Å². The summed E-state index contributed by atoms with van der Waals surface area (Å²) >= 11 is 0. The van der Waals surface area contributed by atoms with E-state index >= 15 is 0 Å². The maximum absolute atomic E-state index is 13.2. The van der Waals surface area contributed by atoms with Crippen molar-refractivity contribution in [2.24, 2.45) is 0 Å². The van der Waals surface area contributed by atoms with Crippen molar-refractivity contribution in [2.45, 2.75) is 11.8 Å². The molecule has 0 atom stereocenters. The first-order valence-electron chi connectivity index (χ1n) is 9.19. The van der Waals surface area contributed by atoms with Gasteiger partial charge in [0.05, 0.1) is 4.90 Å². The molecule has 1 heterocycles. The molecule has 1 fully saturated rings. The van der Waals surface area contributed by atoms with Crippen molar-refractivity contribution >= 4 is 21.6 Å². The standard InChI is InChI=1S/C20H24FN3O3S/c1-3-24(18-9-7-17(21)8-10-18)20(25)16-5-4-6-19(15-16)28(26,27)23-13-11-22(2)12-14-23/h4-10,15H,3,11-14H2,1-2H3. The summed E-state index contributed by atoms with van der Waals surface area (Å²) in [7, 11) is -1.70. The molecule has 1 saturated heterocycles. The lowest BCUT2D eigenvalue weighted by molar-refractivity contribution is 0.0988. The van der Waals surface area contributed by atoms with Gasteiger partial charge in [-0.3, -0.25) is 4.79 Å². The van der Waals surface area contributed by atoms with Gasteiger partial charge in [0.25, 0.3) is 5.91 Å². The Kier molecular flexibility index (Phi) is 6.12. The maximum Gasteiger partial charge on any atom is 0.258 e. The van der Waals surface area contributed by atoms with Gasteiger partial charge in [-0.1, -0.05) is 6.07 Å². The van der Waals surface area contributed by atoms with Crippen molar-refractivity contribution in [3.05, 3.63) is 59.9 Å². The average Bonchev–Trinajstić information content (AvgIpc) is 2.70. The van der Waals surface area contributed by atoms with Gasteiger partial charge < -0.3 is 9.80 Å². The molecule has 0 radical (unpaired) electrons. The molecule has 6 nitrogen and oxygen atoms in total. The minimum Gasteiger partial charge on any atom is -0.309 e. The second kappa shape index (κ2) is 8.38. The Morgan fingerprint density at radius 3 is 2.32 bits per heavy atom. The highest BCUT2D eigenvalue weighted by Crippen LogP contribution is 2.22. The molecule has 0 aromatic heterocycles. The lowest BCUT2D eigenvalue weighted by Gasteiger charge is -2.31. The Labute approximate surface area is 165 Å². The monoisotopic (exact) mass is 405 g/mol. The van der Waals surface area contributed by atoms with Crippen LogP contribution in [0.3, 0.4) is 0 Å². The molecule has 0 N–H and O–H groups in total. The van der Waals surface area contributed by atoms with E-state index in [0.717, 1.165) is 0 Å². The molecule has 2 aromatic carbocycles. The molecule has 0 saturated carbocycles. The smallest absolute Gasteiger partial charge is 0.258 e. The number of amides is 1. The van der Waals surface area contributed by atoms with Crippen molar-refractivity contribution in [3.63, 3.8) is 0 Å². The number of carbonyl (C=O) groups excluding carboxylic acids is 1. The lowest BCUT2D eigenvalue weighted by atomic mass is 10.2. The predicted octanol–water partition coefficient (Wildman–Crippen LogP) is 2.43. The van der Waals surface area contributed by atoms with E-state index in [2.05, 4.69) is 4.90 Å². The summed E-state index contributed by atoms with van der Waals surface area (Å²) in [4.78, 5) is 16.7. The van der Waals surface area contributed by atoms with Gasteiger partial charge in [0, 0.05) is 44.0 Å². The highest BCUT2D eigenvalue weighted by Gasteiger charge is 2.28. The molecule has 0 spiro atoms. The Balaban J connectivity index is 1.87. The molecule has 1 aliphatic rings. The normalized spacial score (nSPS) is 16.1. The first kappa shape index (κ1) is 20.4. The van der Waals surface area contributed by atoms with Crippen molar-refractivity contribution in [1.82, 2.24) is 9.21 Å². The molecule has 3 rings (SSSR count).